The molecule has 0 aliphatic heterocycles. The van der Waals surface area contributed by atoms with Crippen LogP contribution in [0, 0.1) is 24.0 Å². The van der Waals surface area contributed by atoms with Gasteiger partial charge in [-0.2, -0.15) is 10.1 Å². The van der Waals surface area contributed by atoms with Crippen LogP contribution in [0.3, 0.4) is 0 Å². The number of aryl methyl sites for hydroxylation is 1. The van der Waals surface area contributed by atoms with Crippen LogP contribution in [0.2, 0.25) is 0 Å². The monoisotopic (exact) mass is 356 g/mol. The first-order valence-corrected chi connectivity index (χ1v) is 7.79. The fraction of sp³-hybridized carbons (Fsp3) is 0.250. The van der Waals surface area contributed by atoms with Crippen LogP contribution < -0.4 is 5.32 Å². The smallest absolute Gasteiger partial charge is 0.316 e. The molecule has 0 unspecified atom stereocenters. The summed E-state index contributed by atoms with van der Waals surface area (Å²) in [4.78, 5) is 26.7. The lowest BCUT2D eigenvalue weighted by Crippen LogP contribution is -2.23. The highest BCUT2D eigenvalue weighted by Crippen LogP contribution is 2.22. The largest absolute Gasteiger partial charge is 0.344 e. The van der Waals surface area contributed by atoms with Gasteiger partial charge < -0.3 is 9.84 Å². The summed E-state index contributed by atoms with van der Waals surface area (Å²) in [6.45, 7) is 3.54. The van der Waals surface area contributed by atoms with Crippen molar-refractivity contribution in [1.82, 2.24) is 25.2 Å². The van der Waals surface area contributed by atoms with E-state index in [1.807, 2.05) is 30.3 Å². The summed E-state index contributed by atoms with van der Waals surface area (Å²) in [6, 6.07) is 9.41. The third kappa shape index (κ3) is 3.58. The summed E-state index contributed by atoms with van der Waals surface area (Å²) < 4.78 is 6.37. The van der Waals surface area contributed by atoms with Gasteiger partial charge in [-0.05, 0) is 19.4 Å². The quantitative estimate of drug-likeness (QED) is 0.526. The van der Waals surface area contributed by atoms with E-state index in [0.29, 0.717) is 17.9 Å². The van der Waals surface area contributed by atoms with E-state index in [9.17, 15) is 14.9 Å². The molecule has 3 rings (SSSR count). The van der Waals surface area contributed by atoms with Gasteiger partial charge in [-0.3, -0.25) is 19.6 Å². The number of amides is 1. The van der Waals surface area contributed by atoms with E-state index in [0.717, 1.165) is 5.56 Å². The van der Waals surface area contributed by atoms with Crippen molar-refractivity contribution in [2.24, 2.45) is 0 Å². The SMILES string of the molecule is Cc1nn(Cc2noc(C(=O)NCc3ccccc3)n2)c(C)c1[N+](=O)[O-]. The lowest BCUT2D eigenvalue weighted by Gasteiger charge is -2.01. The molecule has 0 atom stereocenters. The van der Waals surface area contributed by atoms with Crippen molar-refractivity contribution in [3.63, 3.8) is 0 Å². The van der Waals surface area contributed by atoms with Crippen LogP contribution in [0.25, 0.3) is 0 Å². The minimum atomic E-state index is -0.494. The van der Waals surface area contributed by atoms with Gasteiger partial charge in [0.05, 0.1) is 4.92 Å². The van der Waals surface area contributed by atoms with E-state index in [2.05, 4.69) is 20.6 Å². The number of hydrogen-bond acceptors (Lipinski definition) is 7. The molecular formula is C16H16N6O4. The molecule has 134 valence electrons. The average molecular weight is 356 g/mol. The number of nitro groups is 1. The lowest BCUT2D eigenvalue weighted by molar-refractivity contribution is -0.386. The summed E-state index contributed by atoms with van der Waals surface area (Å²) >= 11 is 0. The van der Waals surface area contributed by atoms with Crippen LogP contribution in [0.4, 0.5) is 5.69 Å². The number of hydrogen-bond donors (Lipinski definition) is 1. The van der Waals surface area contributed by atoms with Crippen molar-refractivity contribution in [2.45, 2.75) is 26.9 Å². The van der Waals surface area contributed by atoms with Crippen molar-refractivity contribution >= 4 is 11.6 Å². The normalized spacial score (nSPS) is 10.7. The van der Waals surface area contributed by atoms with Crippen molar-refractivity contribution in [2.75, 3.05) is 0 Å². The van der Waals surface area contributed by atoms with Gasteiger partial charge in [-0.1, -0.05) is 35.5 Å². The minimum absolute atomic E-state index is 0.0469. The summed E-state index contributed by atoms with van der Waals surface area (Å²) in [5.41, 5.74) is 1.58. The number of carbonyl (C=O) groups is 1. The first-order valence-electron chi connectivity index (χ1n) is 7.79. The van der Waals surface area contributed by atoms with Crippen LogP contribution in [0.5, 0.6) is 0 Å². The van der Waals surface area contributed by atoms with E-state index in [1.165, 1.54) is 4.68 Å². The van der Waals surface area contributed by atoms with Gasteiger partial charge in [0.25, 0.3) is 0 Å². The molecule has 2 aromatic heterocycles. The van der Waals surface area contributed by atoms with Crippen molar-refractivity contribution in [1.29, 1.82) is 0 Å². The molecule has 0 aliphatic rings. The second-order valence-corrected chi connectivity index (χ2v) is 5.62. The molecule has 26 heavy (non-hydrogen) atoms. The van der Waals surface area contributed by atoms with Gasteiger partial charge in [-0.15, -0.1) is 0 Å². The topological polar surface area (TPSA) is 129 Å². The van der Waals surface area contributed by atoms with Crippen molar-refractivity contribution in [3.8, 4) is 0 Å². The molecule has 0 radical (unpaired) electrons. The fourth-order valence-corrected chi connectivity index (χ4v) is 2.50. The lowest BCUT2D eigenvalue weighted by atomic mass is 10.2. The van der Waals surface area contributed by atoms with Gasteiger partial charge in [-0.25, -0.2) is 0 Å². The second-order valence-electron chi connectivity index (χ2n) is 5.62. The molecule has 3 aromatic rings. The Morgan fingerprint density at radius 1 is 1.31 bits per heavy atom. The average Bonchev–Trinajstić information content (AvgIpc) is 3.18. The number of benzene rings is 1. The van der Waals surface area contributed by atoms with Crippen LogP contribution in [0.15, 0.2) is 34.9 Å². The highest BCUT2D eigenvalue weighted by atomic mass is 16.6. The Kier molecular flexibility index (Phi) is 4.74. The molecule has 0 aliphatic carbocycles. The third-order valence-electron chi connectivity index (χ3n) is 3.78. The van der Waals surface area contributed by atoms with Gasteiger partial charge in [0.2, 0.25) is 0 Å². The molecule has 1 amide bonds. The molecule has 1 N–H and O–H groups in total. The Labute approximate surface area is 148 Å². The molecule has 2 heterocycles. The Morgan fingerprint density at radius 2 is 2.04 bits per heavy atom. The van der Waals surface area contributed by atoms with Crippen LogP contribution in [0.1, 0.15) is 33.5 Å². The highest BCUT2D eigenvalue weighted by Gasteiger charge is 2.23. The predicted molar refractivity (Wildman–Crippen MR) is 89.4 cm³/mol. The summed E-state index contributed by atoms with van der Waals surface area (Å²) in [7, 11) is 0. The van der Waals surface area contributed by atoms with Crippen LogP contribution in [-0.4, -0.2) is 30.8 Å². The van der Waals surface area contributed by atoms with E-state index in [1.54, 1.807) is 13.8 Å². The fourth-order valence-electron chi connectivity index (χ4n) is 2.50. The first-order chi connectivity index (χ1) is 12.5. The molecular weight excluding hydrogens is 340 g/mol. The maximum absolute atomic E-state index is 12.1. The second kappa shape index (κ2) is 7.13. The van der Waals surface area contributed by atoms with Crippen LogP contribution >= 0.6 is 0 Å². The zero-order valence-corrected chi connectivity index (χ0v) is 14.2. The predicted octanol–water partition coefficient (Wildman–Crippen LogP) is 1.77. The number of aromatic nitrogens is 4. The van der Waals surface area contributed by atoms with Gasteiger partial charge in [0, 0.05) is 6.54 Å². The molecule has 0 spiro atoms. The number of carbonyl (C=O) groups excluding carboxylic acids is 1. The summed E-state index contributed by atoms with van der Waals surface area (Å²) in [5, 5.41) is 21.6. The Balaban J connectivity index is 1.67. The molecule has 10 nitrogen and oxygen atoms in total. The molecule has 0 saturated heterocycles. The standard InChI is InChI=1S/C16H16N6O4/c1-10-14(22(24)25)11(2)21(19-10)9-13-18-16(26-20-13)15(23)17-8-12-6-4-3-5-7-12/h3-7H,8-9H2,1-2H3,(H,17,23). The maximum atomic E-state index is 12.1. The zero-order chi connectivity index (χ0) is 18.7. The van der Waals surface area contributed by atoms with Gasteiger partial charge in [0.1, 0.15) is 17.9 Å². The van der Waals surface area contributed by atoms with Crippen LogP contribution in [-0.2, 0) is 13.1 Å². The van der Waals surface area contributed by atoms with E-state index in [-0.39, 0.29) is 23.9 Å². The van der Waals surface area contributed by atoms with E-state index >= 15 is 0 Å². The summed E-state index contributed by atoms with van der Waals surface area (Å²) in [6.07, 6.45) is 0. The molecule has 0 fully saturated rings. The highest BCUT2D eigenvalue weighted by molar-refractivity contribution is 5.89. The zero-order valence-electron chi connectivity index (χ0n) is 14.2. The maximum Gasteiger partial charge on any atom is 0.316 e. The van der Waals surface area contributed by atoms with Gasteiger partial charge in [0.15, 0.2) is 5.82 Å². The Bertz CT molecular complexity index is 947. The molecule has 10 heteroatoms. The summed E-state index contributed by atoms with van der Waals surface area (Å²) in [5.74, 6) is -0.464. The number of nitrogens with one attached hydrogen (secondary N) is 1. The Morgan fingerprint density at radius 3 is 2.69 bits per heavy atom. The number of nitrogens with zero attached hydrogens (tertiary/aromatic N) is 5. The minimum Gasteiger partial charge on any atom is -0.344 e. The van der Waals surface area contributed by atoms with Crippen molar-refractivity contribution < 1.29 is 14.2 Å². The number of rotatable bonds is 6. The Hall–Kier alpha value is -3.56. The third-order valence-corrected chi connectivity index (χ3v) is 3.78. The molecule has 0 bridgehead atoms. The molecule has 0 saturated carbocycles. The molecule has 1 aromatic carbocycles. The van der Waals surface area contributed by atoms with E-state index < -0.39 is 10.8 Å². The van der Waals surface area contributed by atoms with Crippen molar-refractivity contribution in [3.05, 3.63) is 69.1 Å². The van der Waals surface area contributed by atoms with E-state index in [4.69, 9.17) is 4.52 Å². The first kappa shape index (κ1) is 17.3. The van der Waals surface area contributed by atoms with Gasteiger partial charge >= 0.3 is 17.5 Å².